The molecule has 0 saturated carbocycles. The first-order chi connectivity index (χ1) is 9.20. The quantitative estimate of drug-likeness (QED) is 0.424. The van der Waals surface area contributed by atoms with Crippen LogP contribution >= 0.6 is 0 Å². The summed E-state index contributed by atoms with van der Waals surface area (Å²) in [6, 6.07) is 6.04. The lowest BCUT2D eigenvalue weighted by molar-refractivity contribution is 0.204. The summed E-state index contributed by atoms with van der Waals surface area (Å²) in [5.74, 6) is 1.20. The van der Waals surface area contributed by atoms with Crippen LogP contribution < -0.4 is 11.1 Å². The van der Waals surface area contributed by atoms with Gasteiger partial charge < -0.3 is 20.8 Å². The molecule has 19 heavy (non-hydrogen) atoms. The predicted octanol–water partition coefficient (Wildman–Crippen LogP) is 0.922. The predicted molar refractivity (Wildman–Crippen MR) is 76.0 cm³/mol. The second-order valence-corrected chi connectivity index (χ2v) is 4.28. The molecule has 0 spiro atoms. The SMILES string of the molecule is COCCNC(N)=NCc1nc2c(C)cccc2[nH]1. The van der Waals surface area contributed by atoms with E-state index in [1.54, 1.807) is 7.11 Å². The van der Waals surface area contributed by atoms with E-state index in [1.165, 1.54) is 0 Å². The maximum Gasteiger partial charge on any atom is 0.189 e. The van der Waals surface area contributed by atoms with Gasteiger partial charge in [0.15, 0.2) is 5.96 Å². The van der Waals surface area contributed by atoms with Gasteiger partial charge in [-0.25, -0.2) is 9.98 Å². The van der Waals surface area contributed by atoms with Crippen LogP contribution in [0.25, 0.3) is 11.0 Å². The summed E-state index contributed by atoms with van der Waals surface area (Å²) in [7, 11) is 1.64. The van der Waals surface area contributed by atoms with Crippen molar-refractivity contribution >= 4 is 17.0 Å². The number of nitrogens with zero attached hydrogens (tertiary/aromatic N) is 2. The minimum atomic E-state index is 0.397. The van der Waals surface area contributed by atoms with E-state index in [9.17, 15) is 0 Å². The number of nitrogens with one attached hydrogen (secondary N) is 2. The number of imidazole rings is 1. The average Bonchev–Trinajstić information content (AvgIpc) is 2.81. The highest BCUT2D eigenvalue weighted by molar-refractivity contribution is 5.79. The van der Waals surface area contributed by atoms with Crippen LogP contribution in [0.1, 0.15) is 11.4 Å². The highest BCUT2D eigenvalue weighted by Gasteiger charge is 2.04. The van der Waals surface area contributed by atoms with E-state index in [-0.39, 0.29) is 0 Å². The van der Waals surface area contributed by atoms with Crippen LogP contribution in [0.4, 0.5) is 0 Å². The largest absolute Gasteiger partial charge is 0.383 e. The number of para-hydroxylation sites is 1. The smallest absolute Gasteiger partial charge is 0.189 e. The maximum absolute atomic E-state index is 5.73. The Hall–Kier alpha value is -2.08. The third kappa shape index (κ3) is 3.45. The van der Waals surface area contributed by atoms with Crippen LogP contribution in [-0.4, -0.2) is 36.2 Å². The van der Waals surface area contributed by atoms with Crippen molar-refractivity contribution in [2.24, 2.45) is 10.7 Å². The van der Waals surface area contributed by atoms with Crippen molar-refractivity contribution in [3.8, 4) is 0 Å². The molecule has 0 aliphatic heterocycles. The third-order valence-corrected chi connectivity index (χ3v) is 2.77. The van der Waals surface area contributed by atoms with Crippen molar-refractivity contribution in [3.05, 3.63) is 29.6 Å². The summed E-state index contributed by atoms with van der Waals surface area (Å²) in [4.78, 5) is 12.0. The molecular formula is C13H19N5O. The van der Waals surface area contributed by atoms with E-state index in [0.717, 1.165) is 22.4 Å². The van der Waals surface area contributed by atoms with Crippen LogP contribution in [0, 0.1) is 6.92 Å². The molecule has 0 saturated heterocycles. The number of methoxy groups -OCH3 is 1. The molecule has 2 aromatic rings. The molecule has 1 heterocycles. The Morgan fingerprint density at radius 1 is 1.53 bits per heavy atom. The zero-order valence-electron chi connectivity index (χ0n) is 11.2. The summed E-state index contributed by atoms with van der Waals surface area (Å²) in [5, 5.41) is 2.96. The van der Waals surface area contributed by atoms with Gasteiger partial charge >= 0.3 is 0 Å². The van der Waals surface area contributed by atoms with Gasteiger partial charge in [-0.2, -0.15) is 0 Å². The Kier molecular flexibility index (Phi) is 4.35. The van der Waals surface area contributed by atoms with Gasteiger partial charge in [0.1, 0.15) is 12.4 Å². The first-order valence-corrected chi connectivity index (χ1v) is 6.17. The molecule has 0 bridgehead atoms. The summed E-state index contributed by atoms with van der Waals surface area (Å²) < 4.78 is 4.92. The fourth-order valence-corrected chi connectivity index (χ4v) is 1.80. The number of fused-ring (bicyclic) bond motifs is 1. The summed E-state index contributed by atoms with van der Waals surface area (Å²) in [6.45, 7) is 3.71. The Morgan fingerprint density at radius 3 is 3.11 bits per heavy atom. The average molecular weight is 261 g/mol. The van der Waals surface area contributed by atoms with Gasteiger partial charge in [-0.05, 0) is 18.6 Å². The second-order valence-electron chi connectivity index (χ2n) is 4.28. The van der Waals surface area contributed by atoms with Gasteiger partial charge in [-0.1, -0.05) is 12.1 Å². The summed E-state index contributed by atoms with van der Waals surface area (Å²) in [5.41, 5.74) is 8.89. The van der Waals surface area contributed by atoms with Crippen LogP contribution in [-0.2, 0) is 11.3 Å². The first-order valence-electron chi connectivity index (χ1n) is 6.17. The Bertz CT molecular complexity index is 575. The molecule has 0 amide bonds. The molecule has 6 heteroatoms. The second kappa shape index (κ2) is 6.19. The molecule has 2 rings (SSSR count). The molecule has 0 fully saturated rings. The molecule has 0 unspecified atom stereocenters. The summed E-state index contributed by atoms with van der Waals surface area (Å²) in [6.07, 6.45) is 0. The molecule has 102 valence electrons. The first kappa shape index (κ1) is 13.4. The van der Waals surface area contributed by atoms with Crippen LogP contribution in [0.5, 0.6) is 0 Å². The van der Waals surface area contributed by atoms with Crippen molar-refractivity contribution in [1.29, 1.82) is 0 Å². The number of rotatable bonds is 5. The molecule has 0 aliphatic rings. The molecular weight excluding hydrogens is 242 g/mol. The van der Waals surface area contributed by atoms with Crippen molar-refractivity contribution < 1.29 is 4.74 Å². The number of H-pyrrole nitrogens is 1. The van der Waals surface area contributed by atoms with Gasteiger partial charge in [0.25, 0.3) is 0 Å². The molecule has 1 aromatic carbocycles. The lowest BCUT2D eigenvalue weighted by Gasteiger charge is -2.03. The van der Waals surface area contributed by atoms with Gasteiger partial charge in [0.05, 0.1) is 17.6 Å². The zero-order valence-corrected chi connectivity index (χ0v) is 11.2. The highest BCUT2D eigenvalue weighted by atomic mass is 16.5. The van der Waals surface area contributed by atoms with E-state index >= 15 is 0 Å². The van der Waals surface area contributed by atoms with E-state index in [1.807, 2.05) is 25.1 Å². The van der Waals surface area contributed by atoms with Crippen molar-refractivity contribution in [1.82, 2.24) is 15.3 Å². The topological polar surface area (TPSA) is 88.3 Å². The van der Waals surface area contributed by atoms with Crippen LogP contribution in [0.3, 0.4) is 0 Å². The number of nitrogens with two attached hydrogens (primary N) is 1. The van der Waals surface area contributed by atoms with E-state index in [2.05, 4.69) is 20.3 Å². The van der Waals surface area contributed by atoms with E-state index in [0.29, 0.717) is 25.7 Å². The van der Waals surface area contributed by atoms with Crippen molar-refractivity contribution in [2.45, 2.75) is 13.5 Å². The van der Waals surface area contributed by atoms with Gasteiger partial charge in [0.2, 0.25) is 0 Å². The number of aromatic nitrogens is 2. The Morgan fingerprint density at radius 2 is 2.37 bits per heavy atom. The lowest BCUT2D eigenvalue weighted by atomic mass is 10.2. The highest BCUT2D eigenvalue weighted by Crippen LogP contribution is 2.15. The number of aryl methyl sites for hydroxylation is 1. The number of ether oxygens (including phenoxy) is 1. The number of aliphatic imine (C=N–C) groups is 1. The molecule has 6 nitrogen and oxygen atoms in total. The van der Waals surface area contributed by atoms with E-state index in [4.69, 9.17) is 10.5 Å². The fraction of sp³-hybridized carbons (Fsp3) is 0.385. The summed E-state index contributed by atoms with van der Waals surface area (Å²) >= 11 is 0. The number of hydrogen-bond acceptors (Lipinski definition) is 3. The standard InChI is InChI=1S/C13H19N5O/c1-9-4-3-5-10-12(9)18-11(17-10)8-16-13(14)15-6-7-19-2/h3-5H,6-8H2,1-2H3,(H,17,18)(H3,14,15,16). The molecule has 0 atom stereocenters. The van der Waals surface area contributed by atoms with E-state index < -0.39 is 0 Å². The maximum atomic E-state index is 5.73. The minimum absolute atomic E-state index is 0.397. The number of aromatic amines is 1. The molecule has 4 N–H and O–H groups in total. The van der Waals surface area contributed by atoms with Gasteiger partial charge in [-0.3, -0.25) is 0 Å². The molecule has 1 aromatic heterocycles. The van der Waals surface area contributed by atoms with Crippen LogP contribution in [0.15, 0.2) is 23.2 Å². The van der Waals surface area contributed by atoms with Crippen molar-refractivity contribution in [2.75, 3.05) is 20.3 Å². The lowest BCUT2D eigenvalue weighted by Crippen LogP contribution is -2.34. The van der Waals surface area contributed by atoms with Crippen molar-refractivity contribution in [3.63, 3.8) is 0 Å². The molecule has 0 radical (unpaired) electrons. The zero-order chi connectivity index (χ0) is 13.7. The minimum Gasteiger partial charge on any atom is -0.383 e. The number of guanidine groups is 1. The van der Waals surface area contributed by atoms with Crippen LogP contribution in [0.2, 0.25) is 0 Å². The third-order valence-electron chi connectivity index (χ3n) is 2.77. The van der Waals surface area contributed by atoms with Gasteiger partial charge in [0, 0.05) is 13.7 Å². The fourth-order valence-electron chi connectivity index (χ4n) is 1.80. The van der Waals surface area contributed by atoms with Gasteiger partial charge in [-0.15, -0.1) is 0 Å². The molecule has 0 aliphatic carbocycles. The number of benzene rings is 1. The monoisotopic (exact) mass is 261 g/mol. The Labute approximate surface area is 112 Å². The normalized spacial score (nSPS) is 12.0. The number of hydrogen-bond donors (Lipinski definition) is 3. The Balaban J connectivity index is 2.01.